The lowest BCUT2D eigenvalue weighted by Crippen LogP contribution is -2.37. The maximum absolute atomic E-state index is 5.57. The summed E-state index contributed by atoms with van der Waals surface area (Å²) in [5.74, 6) is 1.82. The standard InChI is InChI=1S/C13H19N3O/c1-3-17-12-7-5-4-6-11(12)9-15-13-14-8-10(2)16-13/h4-7,10H,3,8-9H2,1-2H3,(H2,14,15,16). The topological polar surface area (TPSA) is 45.6 Å². The lowest BCUT2D eigenvalue weighted by Gasteiger charge is -2.12. The Kier molecular flexibility index (Phi) is 3.85. The first kappa shape index (κ1) is 11.8. The zero-order chi connectivity index (χ0) is 12.1. The number of nitrogens with zero attached hydrogens (tertiary/aromatic N) is 1. The molecule has 2 N–H and O–H groups in total. The van der Waals surface area contributed by atoms with Crippen LogP contribution in [-0.2, 0) is 6.54 Å². The van der Waals surface area contributed by atoms with Gasteiger partial charge in [-0.15, -0.1) is 0 Å². The van der Waals surface area contributed by atoms with E-state index >= 15 is 0 Å². The van der Waals surface area contributed by atoms with E-state index in [9.17, 15) is 0 Å². The maximum Gasteiger partial charge on any atom is 0.191 e. The van der Waals surface area contributed by atoms with Crippen LogP contribution >= 0.6 is 0 Å². The van der Waals surface area contributed by atoms with Crippen molar-refractivity contribution in [1.82, 2.24) is 10.6 Å². The molecule has 92 valence electrons. The molecule has 1 heterocycles. The number of nitrogens with one attached hydrogen (secondary N) is 2. The predicted molar refractivity (Wildman–Crippen MR) is 69.4 cm³/mol. The Labute approximate surface area is 102 Å². The summed E-state index contributed by atoms with van der Waals surface area (Å²) in [5.41, 5.74) is 1.15. The Morgan fingerprint density at radius 3 is 3.00 bits per heavy atom. The number of hydrogen-bond donors (Lipinski definition) is 2. The minimum Gasteiger partial charge on any atom is -0.494 e. The molecule has 1 unspecified atom stereocenters. The molecule has 0 aliphatic carbocycles. The van der Waals surface area contributed by atoms with Gasteiger partial charge in [-0.1, -0.05) is 18.2 Å². The fourth-order valence-corrected chi connectivity index (χ4v) is 1.78. The molecule has 0 saturated heterocycles. The predicted octanol–water partition coefficient (Wildman–Crippen LogP) is 1.52. The second-order valence-corrected chi connectivity index (χ2v) is 4.13. The fourth-order valence-electron chi connectivity index (χ4n) is 1.78. The summed E-state index contributed by atoms with van der Waals surface area (Å²) in [7, 11) is 0. The summed E-state index contributed by atoms with van der Waals surface area (Å²) in [4.78, 5) is 4.36. The highest BCUT2D eigenvalue weighted by Crippen LogP contribution is 2.17. The third-order valence-corrected chi connectivity index (χ3v) is 2.63. The molecule has 1 aliphatic heterocycles. The van der Waals surface area contributed by atoms with Crippen LogP contribution in [0, 0.1) is 0 Å². The van der Waals surface area contributed by atoms with E-state index in [2.05, 4.69) is 28.6 Å². The van der Waals surface area contributed by atoms with E-state index in [4.69, 9.17) is 4.74 Å². The van der Waals surface area contributed by atoms with Crippen LogP contribution in [0.4, 0.5) is 0 Å². The van der Waals surface area contributed by atoms with Crippen LogP contribution < -0.4 is 15.4 Å². The molecule has 4 heteroatoms. The zero-order valence-electron chi connectivity index (χ0n) is 10.4. The zero-order valence-corrected chi connectivity index (χ0v) is 10.4. The summed E-state index contributed by atoms with van der Waals surface area (Å²) < 4.78 is 5.57. The smallest absolute Gasteiger partial charge is 0.191 e. The largest absolute Gasteiger partial charge is 0.494 e. The normalized spacial score (nSPS) is 18.5. The molecule has 1 aromatic rings. The third kappa shape index (κ3) is 3.12. The summed E-state index contributed by atoms with van der Waals surface area (Å²) in [5, 5.41) is 6.56. The van der Waals surface area contributed by atoms with Crippen LogP contribution in [0.1, 0.15) is 19.4 Å². The van der Waals surface area contributed by atoms with Gasteiger partial charge >= 0.3 is 0 Å². The molecule has 0 spiro atoms. The van der Waals surface area contributed by atoms with Crippen molar-refractivity contribution in [2.75, 3.05) is 13.2 Å². The third-order valence-electron chi connectivity index (χ3n) is 2.63. The number of guanidine groups is 1. The number of para-hydroxylation sites is 1. The summed E-state index contributed by atoms with van der Waals surface area (Å²) in [6, 6.07) is 8.50. The lowest BCUT2D eigenvalue weighted by molar-refractivity contribution is 0.336. The highest BCUT2D eigenvalue weighted by Gasteiger charge is 2.12. The van der Waals surface area contributed by atoms with Gasteiger partial charge in [0.05, 0.1) is 13.2 Å². The van der Waals surface area contributed by atoms with Crippen LogP contribution in [0.15, 0.2) is 29.3 Å². The first-order valence-electron chi connectivity index (χ1n) is 6.05. The molecular formula is C13H19N3O. The van der Waals surface area contributed by atoms with E-state index in [1.54, 1.807) is 0 Å². The quantitative estimate of drug-likeness (QED) is 0.829. The lowest BCUT2D eigenvalue weighted by atomic mass is 10.2. The van der Waals surface area contributed by atoms with Gasteiger partial charge in [-0.2, -0.15) is 0 Å². The van der Waals surface area contributed by atoms with Crippen molar-refractivity contribution in [2.24, 2.45) is 4.99 Å². The molecule has 0 amide bonds. The highest BCUT2D eigenvalue weighted by atomic mass is 16.5. The van der Waals surface area contributed by atoms with Crippen molar-refractivity contribution >= 4 is 5.96 Å². The maximum atomic E-state index is 5.57. The highest BCUT2D eigenvalue weighted by molar-refractivity contribution is 5.81. The Morgan fingerprint density at radius 1 is 1.47 bits per heavy atom. The van der Waals surface area contributed by atoms with Crippen LogP contribution in [0.2, 0.25) is 0 Å². The number of benzene rings is 1. The summed E-state index contributed by atoms with van der Waals surface area (Å²) in [6.45, 7) is 6.37. The minimum atomic E-state index is 0.430. The van der Waals surface area contributed by atoms with Gasteiger partial charge in [-0.05, 0) is 19.9 Å². The molecule has 2 rings (SSSR count). The van der Waals surface area contributed by atoms with Gasteiger partial charge in [0.15, 0.2) is 5.96 Å². The van der Waals surface area contributed by atoms with E-state index in [0.29, 0.717) is 12.6 Å². The van der Waals surface area contributed by atoms with Crippen molar-refractivity contribution in [3.8, 4) is 5.75 Å². The van der Waals surface area contributed by atoms with Gasteiger partial charge in [0.2, 0.25) is 0 Å². The van der Waals surface area contributed by atoms with Crippen molar-refractivity contribution in [2.45, 2.75) is 26.4 Å². The molecule has 4 nitrogen and oxygen atoms in total. The van der Waals surface area contributed by atoms with E-state index in [1.807, 2.05) is 25.1 Å². The van der Waals surface area contributed by atoms with Gasteiger partial charge in [0, 0.05) is 18.2 Å². The molecular weight excluding hydrogens is 214 g/mol. The van der Waals surface area contributed by atoms with Crippen molar-refractivity contribution in [1.29, 1.82) is 0 Å². The first-order chi connectivity index (χ1) is 8.29. The Hall–Kier alpha value is -1.71. The Balaban J connectivity index is 1.94. The second kappa shape index (κ2) is 5.57. The molecule has 0 saturated carbocycles. The molecule has 0 aromatic heterocycles. The number of hydrogen-bond acceptors (Lipinski definition) is 4. The first-order valence-corrected chi connectivity index (χ1v) is 6.05. The number of aliphatic imine (C=N–C) groups is 1. The van der Waals surface area contributed by atoms with Crippen LogP contribution in [0.3, 0.4) is 0 Å². The molecule has 1 aliphatic rings. The molecule has 1 atom stereocenters. The molecule has 17 heavy (non-hydrogen) atoms. The fraction of sp³-hybridized carbons (Fsp3) is 0.462. The van der Waals surface area contributed by atoms with E-state index in [-0.39, 0.29) is 0 Å². The minimum absolute atomic E-state index is 0.430. The van der Waals surface area contributed by atoms with Gasteiger partial charge in [-0.25, -0.2) is 0 Å². The van der Waals surface area contributed by atoms with Gasteiger partial charge in [-0.3, -0.25) is 4.99 Å². The monoisotopic (exact) mass is 233 g/mol. The van der Waals surface area contributed by atoms with Crippen LogP contribution in [0.5, 0.6) is 5.75 Å². The van der Waals surface area contributed by atoms with Gasteiger partial charge in [0.25, 0.3) is 0 Å². The molecule has 0 bridgehead atoms. The Morgan fingerprint density at radius 2 is 2.29 bits per heavy atom. The SMILES string of the molecule is CCOc1ccccc1CNC1=NCC(C)N1. The van der Waals surface area contributed by atoms with Gasteiger partial charge < -0.3 is 15.4 Å². The molecule has 0 radical (unpaired) electrons. The average Bonchev–Trinajstić information content (AvgIpc) is 2.74. The van der Waals surface area contributed by atoms with E-state index < -0.39 is 0 Å². The number of ether oxygens (including phenoxy) is 1. The van der Waals surface area contributed by atoms with Crippen molar-refractivity contribution in [3.05, 3.63) is 29.8 Å². The van der Waals surface area contributed by atoms with Crippen molar-refractivity contribution in [3.63, 3.8) is 0 Å². The Bertz CT molecular complexity index is 403. The molecule has 1 aromatic carbocycles. The second-order valence-electron chi connectivity index (χ2n) is 4.13. The average molecular weight is 233 g/mol. The van der Waals surface area contributed by atoms with Crippen molar-refractivity contribution < 1.29 is 4.74 Å². The number of rotatable bonds is 4. The summed E-state index contributed by atoms with van der Waals surface area (Å²) in [6.07, 6.45) is 0. The van der Waals surface area contributed by atoms with E-state index in [0.717, 1.165) is 30.4 Å². The van der Waals surface area contributed by atoms with Gasteiger partial charge in [0.1, 0.15) is 5.75 Å². The van der Waals surface area contributed by atoms with Crippen LogP contribution in [0.25, 0.3) is 0 Å². The molecule has 0 fully saturated rings. The summed E-state index contributed by atoms with van der Waals surface area (Å²) >= 11 is 0. The van der Waals surface area contributed by atoms with Crippen LogP contribution in [-0.4, -0.2) is 25.2 Å². The van der Waals surface area contributed by atoms with E-state index in [1.165, 1.54) is 0 Å².